The van der Waals surface area contributed by atoms with Crippen molar-refractivity contribution in [1.29, 1.82) is 0 Å². The van der Waals surface area contributed by atoms with Crippen LogP contribution in [0.3, 0.4) is 0 Å². The molecule has 1 aromatic heterocycles. The summed E-state index contributed by atoms with van der Waals surface area (Å²) in [5, 5.41) is 2.84. The topological polar surface area (TPSA) is 71.5 Å². The number of hydrogen-bond acceptors (Lipinski definition) is 4. The molecule has 6 nitrogen and oxygen atoms in total. The van der Waals surface area contributed by atoms with Gasteiger partial charge in [0.2, 0.25) is 0 Å². The third kappa shape index (κ3) is 5.09. The monoisotopic (exact) mass is 381 g/mol. The molecular weight excluding hydrogens is 354 g/mol. The molecule has 28 heavy (non-hydrogen) atoms. The van der Waals surface area contributed by atoms with Gasteiger partial charge in [0.05, 0.1) is 11.8 Å². The van der Waals surface area contributed by atoms with Crippen molar-refractivity contribution in [3.63, 3.8) is 0 Å². The Balaban J connectivity index is 1.75. The Morgan fingerprint density at radius 3 is 2.50 bits per heavy atom. The van der Waals surface area contributed by atoms with Gasteiger partial charge in [-0.3, -0.25) is 14.6 Å². The van der Waals surface area contributed by atoms with E-state index in [4.69, 9.17) is 4.74 Å². The summed E-state index contributed by atoms with van der Waals surface area (Å²) in [6.45, 7) is 5.39. The molecule has 1 aliphatic heterocycles. The van der Waals surface area contributed by atoms with Crippen LogP contribution in [-0.2, 0) is 0 Å². The quantitative estimate of drug-likeness (QED) is 0.845. The maximum atomic E-state index is 12.8. The number of likely N-dealkylation sites (tertiary alicyclic amines) is 1. The van der Waals surface area contributed by atoms with Crippen LogP contribution in [0.5, 0.6) is 5.75 Å². The van der Waals surface area contributed by atoms with Crippen LogP contribution in [0.2, 0.25) is 0 Å². The molecule has 1 saturated heterocycles. The highest BCUT2D eigenvalue weighted by molar-refractivity contribution is 6.05. The van der Waals surface area contributed by atoms with E-state index in [2.05, 4.69) is 10.3 Å². The van der Waals surface area contributed by atoms with Gasteiger partial charge in [-0.15, -0.1) is 0 Å². The molecular formula is C22H27N3O3. The van der Waals surface area contributed by atoms with Gasteiger partial charge in [-0.2, -0.15) is 0 Å². The van der Waals surface area contributed by atoms with E-state index in [0.29, 0.717) is 17.0 Å². The van der Waals surface area contributed by atoms with Crippen molar-refractivity contribution in [3.05, 3.63) is 53.9 Å². The Bertz CT molecular complexity index is 827. The summed E-state index contributed by atoms with van der Waals surface area (Å²) in [7, 11) is 0. The average Bonchev–Trinajstić information content (AvgIpc) is 2.98. The van der Waals surface area contributed by atoms with Crippen molar-refractivity contribution in [2.24, 2.45) is 0 Å². The third-order valence-corrected chi connectivity index (χ3v) is 4.63. The Kier molecular flexibility index (Phi) is 6.63. The maximum absolute atomic E-state index is 12.8. The van der Waals surface area contributed by atoms with Crippen molar-refractivity contribution >= 4 is 17.5 Å². The van der Waals surface area contributed by atoms with Gasteiger partial charge in [0.25, 0.3) is 11.8 Å². The van der Waals surface area contributed by atoms with Gasteiger partial charge in [0, 0.05) is 24.8 Å². The molecule has 0 unspecified atom stereocenters. The van der Waals surface area contributed by atoms with Crippen LogP contribution in [0.15, 0.2) is 42.6 Å². The lowest BCUT2D eigenvalue weighted by atomic mass is 10.2. The van der Waals surface area contributed by atoms with Gasteiger partial charge in [0.15, 0.2) is 0 Å². The Labute approximate surface area is 165 Å². The van der Waals surface area contributed by atoms with Gasteiger partial charge in [0.1, 0.15) is 11.4 Å². The van der Waals surface area contributed by atoms with E-state index in [-0.39, 0.29) is 23.6 Å². The standard InChI is InChI=1S/C22H27N3O3/c1-16(2)28-20-10-6-5-9-18(20)24-21(26)19-15-17(11-12-23-19)22(27)25-13-7-3-4-8-14-25/h5-6,9-12,15-16H,3-4,7-8,13-14H2,1-2H3,(H,24,26). The number of carbonyl (C=O) groups is 2. The zero-order valence-electron chi connectivity index (χ0n) is 16.5. The number of pyridine rings is 1. The van der Waals surface area contributed by atoms with Crippen LogP contribution in [0.1, 0.15) is 60.4 Å². The number of nitrogens with zero attached hydrogens (tertiary/aromatic N) is 2. The molecule has 148 valence electrons. The van der Waals surface area contributed by atoms with E-state index in [9.17, 15) is 9.59 Å². The number of hydrogen-bond donors (Lipinski definition) is 1. The molecule has 0 atom stereocenters. The van der Waals surface area contributed by atoms with Crippen LogP contribution in [0.4, 0.5) is 5.69 Å². The first-order chi connectivity index (χ1) is 13.5. The zero-order valence-corrected chi connectivity index (χ0v) is 16.5. The van der Waals surface area contributed by atoms with Gasteiger partial charge in [-0.25, -0.2) is 0 Å². The molecule has 2 heterocycles. The van der Waals surface area contributed by atoms with E-state index in [1.54, 1.807) is 18.2 Å². The second-order valence-electron chi connectivity index (χ2n) is 7.25. The summed E-state index contributed by atoms with van der Waals surface area (Å²) in [6, 6.07) is 10.5. The summed E-state index contributed by atoms with van der Waals surface area (Å²) in [5.41, 5.74) is 1.28. The largest absolute Gasteiger partial charge is 0.489 e. The zero-order chi connectivity index (χ0) is 19.9. The number of aromatic nitrogens is 1. The number of anilines is 1. The second kappa shape index (κ2) is 9.35. The molecule has 0 bridgehead atoms. The maximum Gasteiger partial charge on any atom is 0.274 e. The van der Waals surface area contributed by atoms with Crippen LogP contribution in [-0.4, -0.2) is 40.9 Å². The van der Waals surface area contributed by atoms with Crippen molar-refractivity contribution in [2.45, 2.75) is 45.6 Å². The fourth-order valence-corrected chi connectivity index (χ4v) is 3.26. The Morgan fingerprint density at radius 1 is 1.07 bits per heavy atom. The van der Waals surface area contributed by atoms with Gasteiger partial charge in [-0.05, 0) is 51.0 Å². The molecule has 0 aliphatic carbocycles. The number of ether oxygens (including phenoxy) is 1. The first kappa shape index (κ1) is 19.9. The predicted octanol–water partition coefficient (Wildman–Crippen LogP) is 4.14. The lowest BCUT2D eigenvalue weighted by molar-refractivity contribution is 0.0761. The van der Waals surface area contributed by atoms with E-state index < -0.39 is 0 Å². The average molecular weight is 381 g/mol. The summed E-state index contributed by atoms with van der Waals surface area (Å²) in [4.78, 5) is 31.5. The van der Waals surface area contributed by atoms with Crippen molar-refractivity contribution in [3.8, 4) is 5.75 Å². The third-order valence-electron chi connectivity index (χ3n) is 4.63. The molecule has 1 aromatic carbocycles. The number of para-hydroxylation sites is 2. The highest BCUT2D eigenvalue weighted by Crippen LogP contribution is 2.25. The van der Waals surface area contributed by atoms with Crippen molar-refractivity contribution < 1.29 is 14.3 Å². The molecule has 0 radical (unpaired) electrons. The number of rotatable bonds is 5. The molecule has 1 fully saturated rings. The summed E-state index contributed by atoms with van der Waals surface area (Å²) < 4.78 is 5.74. The summed E-state index contributed by atoms with van der Waals surface area (Å²) in [6.07, 6.45) is 5.87. The lowest BCUT2D eigenvalue weighted by Crippen LogP contribution is -2.32. The number of benzene rings is 1. The first-order valence-corrected chi connectivity index (χ1v) is 9.87. The lowest BCUT2D eigenvalue weighted by Gasteiger charge is -2.20. The Morgan fingerprint density at radius 2 is 1.79 bits per heavy atom. The minimum Gasteiger partial charge on any atom is -0.489 e. The smallest absolute Gasteiger partial charge is 0.274 e. The highest BCUT2D eigenvalue weighted by Gasteiger charge is 2.19. The summed E-state index contributed by atoms with van der Waals surface area (Å²) in [5.74, 6) is 0.190. The molecule has 1 N–H and O–H groups in total. The summed E-state index contributed by atoms with van der Waals surface area (Å²) >= 11 is 0. The first-order valence-electron chi connectivity index (χ1n) is 9.87. The van der Waals surface area contributed by atoms with Crippen LogP contribution in [0, 0.1) is 0 Å². The van der Waals surface area contributed by atoms with Gasteiger partial charge in [-0.1, -0.05) is 25.0 Å². The molecule has 6 heteroatoms. The van der Waals surface area contributed by atoms with Gasteiger partial charge >= 0.3 is 0 Å². The normalized spacial score (nSPS) is 14.5. The fourth-order valence-electron chi connectivity index (χ4n) is 3.26. The molecule has 3 rings (SSSR count). The molecule has 2 aromatic rings. The SMILES string of the molecule is CC(C)Oc1ccccc1NC(=O)c1cc(C(=O)N2CCCCCC2)ccn1. The Hall–Kier alpha value is -2.89. The van der Waals surface area contributed by atoms with Crippen molar-refractivity contribution in [2.75, 3.05) is 18.4 Å². The molecule has 0 saturated carbocycles. The number of nitrogens with one attached hydrogen (secondary N) is 1. The minimum atomic E-state index is -0.370. The molecule has 2 amide bonds. The minimum absolute atomic E-state index is 0.00856. The number of amides is 2. The number of carbonyl (C=O) groups excluding carboxylic acids is 2. The van der Waals surface area contributed by atoms with E-state index in [1.165, 1.54) is 6.20 Å². The van der Waals surface area contributed by atoms with E-state index in [0.717, 1.165) is 38.8 Å². The molecule has 0 spiro atoms. The molecule has 1 aliphatic rings. The highest BCUT2D eigenvalue weighted by atomic mass is 16.5. The van der Waals surface area contributed by atoms with E-state index >= 15 is 0 Å². The van der Waals surface area contributed by atoms with Crippen LogP contribution >= 0.6 is 0 Å². The second-order valence-corrected chi connectivity index (χ2v) is 7.25. The van der Waals surface area contributed by atoms with Crippen LogP contribution in [0.25, 0.3) is 0 Å². The van der Waals surface area contributed by atoms with Crippen molar-refractivity contribution in [1.82, 2.24) is 9.88 Å². The van der Waals surface area contributed by atoms with E-state index in [1.807, 2.05) is 36.9 Å². The van der Waals surface area contributed by atoms with Crippen LogP contribution < -0.4 is 10.1 Å². The van der Waals surface area contributed by atoms with Gasteiger partial charge < -0.3 is 15.0 Å². The fraction of sp³-hybridized carbons (Fsp3) is 0.409. The predicted molar refractivity (Wildman–Crippen MR) is 109 cm³/mol.